The van der Waals surface area contributed by atoms with Crippen LogP contribution in [0.2, 0.25) is 0 Å². The molecule has 172 valence electrons. The molecule has 0 spiro atoms. The van der Waals surface area contributed by atoms with E-state index in [9.17, 15) is 9.59 Å². The quantitative estimate of drug-likeness (QED) is 0.270. The standard InChI is InChI=1S/C28H24O6/c1-31-27-25(33-23(29)17-19-11-5-3-6-12-19)21-15-9-10-16-22(21)26(28(27)32-2)34-24(30)18-20-13-7-4-8-14-20/h3-16H,17-18H2,1-2H3. The van der Waals surface area contributed by atoms with Gasteiger partial charge >= 0.3 is 11.9 Å². The zero-order valence-corrected chi connectivity index (χ0v) is 18.9. The fourth-order valence-electron chi connectivity index (χ4n) is 3.73. The molecule has 0 aromatic heterocycles. The van der Waals surface area contributed by atoms with Crippen LogP contribution in [-0.4, -0.2) is 26.2 Å². The lowest BCUT2D eigenvalue weighted by atomic mass is 10.1. The van der Waals surface area contributed by atoms with Gasteiger partial charge in [-0.3, -0.25) is 9.59 Å². The summed E-state index contributed by atoms with van der Waals surface area (Å²) in [5.74, 6) is -0.149. The van der Waals surface area contributed by atoms with Crippen molar-refractivity contribution in [1.82, 2.24) is 0 Å². The third kappa shape index (κ3) is 5.02. The average molecular weight is 456 g/mol. The number of ether oxygens (including phenoxy) is 4. The maximum atomic E-state index is 12.8. The van der Waals surface area contributed by atoms with Crippen LogP contribution >= 0.6 is 0 Å². The second-order valence-electron chi connectivity index (χ2n) is 7.54. The number of esters is 2. The number of fused-ring (bicyclic) bond motifs is 1. The van der Waals surface area contributed by atoms with Gasteiger partial charge in [0.05, 0.1) is 27.1 Å². The van der Waals surface area contributed by atoms with Crippen LogP contribution in [-0.2, 0) is 22.4 Å². The van der Waals surface area contributed by atoms with E-state index in [4.69, 9.17) is 18.9 Å². The van der Waals surface area contributed by atoms with Gasteiger partial charge in [0, 0.05) is 10.8 Å². The maximum Gasteiger partial charge on any atom is 0.315 e. The molecule has 0 aliphatic carbocycles. The molecule has 4 aromatic carbocycles. The number of rotatable bonds is 8. The van der Waals surface area contributed by atoms with Gasteiger partial charge in [0.25, 0.3) is 0 Å². The minimum absolute atomic E-state index is 0.0917. The molecule has 0 heterocycles. The van der Waals surface area contributed by atoms with Crippen LogP contribution in [0.15, 0.2) is 84.9 Å². The molecule has 6 heteroatoms. The highest BCUT2D eigenvalue weighted by Gasteiger charge is 2.26. The summed E-state index contributed by atoms with van der Waals surface area (Å²) in [6, 6.07) is 25.8. The first-order chi connectivity index (χ1) is 16.6. The third-order valence-electron chi connectivity index (χ3n) is 5.26. The molecule has 4 aromatic rings. The minimum Gasteiger partial charge on any atom is -0.490 e. The lowest BCUT2D eigenvalue weighted by Gasteiger charge is -2.19. The number of carbonyl (C=O) groups is 2. The van der Waals surface area contributed by atoms with Crippen molar-refractivity contribution in [3.63, 3.8) is 0 Å². The average Bonchev–Trinajstić information content (AvgIpc) is 2.86. The Morgan fingerprint density at radius 1 is 0.529 bits per heavy atom. The van der Waals surface area contributed by atoms with Crippen LogP contribution in [0.3, 0.4) is 0 Å². The number of methoxy groups -OCH3 is 2. The van der Waals surface area contributed by atoms with Crippen molar-refractivity contribution in [2.24, 2.45) is 0 Å². The highest BCUT2D eigenvalue weighted by Crippen LogP contribution is 2.51. The fraction of sp³-hybridized carbons (Fsp3) is 0.143. The second-order valence-corrected chi connectivity index (χ2v) is 7.54. The van der Waals surface area contributed by atoms with E-state index in [1.807, 2.05) is 60.7 Å². The molecule has 0 aliphatic rings. The first-order valence-corrected chi connectivity index (χ1v) is 10.8. The monoisotopic (exact) mass is 456 g/mol. The molecule has 0 amide bonds. The molecular weight excluding hydrogens is 432 g/mol. The molecule has 0 atom stereocenters. The number of benzene rings is 4. The minimum atomic E-state index is -0.453. The molecule has 0 N–H and O–H groups in total. The van der Waals surface area contributed by atoms with Crippen molar-refractivity contribution in [2.75, 3.05) is 14.2 Å². The van der Waals surface area contributed by atoms with Crippen molar-refractivity contribution in [2.45, 2.75) is 12.8 Å². The van der Waals surface area contributed by atoms with Gasteiger partial charge in [-0.25, -0.2) is 0 Å². The van der Waals surface area contributed by atoms with Gasteiger partial charge in [-0.05, 0) is 11.1 Å². The van der Waals surface area contributed by atoms with E-state index in [2.05, 4.69) is 0 Å². The van der Waals surface area contributed by atoms with Gasteiger partial charge in [-0.15, -0.1) is 0 Å². The van der Waals surface area contributed by atoms with Crippen molar-refractivity contribution in [3.05, 3.63) is 96.1 Å². The first-order valence-electron chi connectivity index (χ1n) is 10.8. The predicted molar refractivity (Wildman–Crippen MR) is 129 cm³/mol. The van der Waals surface area contributed by atoms with Gasteiger partial charge in [0.2, 0.25) is 11.5 Å². The van der Waals surface area contributed by atoms with Crippen molar-refractivity contribution >= 4 is 22.7 Å². The molecule has 0 fully saturated rings. The van der Waals surface area contributed by atoms with Crippen LogP contribution in [0.4, 0.5) is 0 Å². The smallest absolute Gasteiger partial charge is 0.315 e. The van der Waals surface area contributed by atoms with E-state index in [1.165, 1.54) is 14.2 Å². The topological polar surface area (TPSA) is 71.1 Å². The molecule has 4 rings (SSSR count). The van der Waals surface area contributed by atoms with E-state index in [1.54, 1.807) is 24.3 Å². The summed E-state index contributed by atoms with van der Waals surface area (Å²) >= 11 is 0. The highest BCUT2D eigenvalue weighted by molar-refractivity contribution is 6.01. The molecule has 34 heavy (non-hydrogen) atoms. The molecular formula is C28H24O6. The summed E-state index contributed by atoms with van der Waals surface area (Å²) in [7, 11) is 2.88. The van der Waals surface area contributed by atoms with Gasteiger partial charge in [-0.2, -0.15) is 0 Å². The molecule has 0 radical (unpaired) electrons. The third-order valence-corrected chi connectivity index (χ3v) is 5.26. The molecule has 0 bridgehead atoms. The van der Waals surface area contributed by atoms with Crippen LogP contribution in [0.25, 0.3) is 10.8 Å². The second kappa shape index (κ2) is 10.5. The first kappa shape index (κ1) is 22.9. The van der Waals surface area contributed by atoms with Crippen molar-refractivity contribution < 1.29 is 28.5 Å². The van der Waals surface area contributed by atoms with Crippen molar-refractivity contribution in [1.29, 1.82) is 0 Å². The Kier molecular flexibility index (Phi) is 7.08. The Balaban J connectivity index is 1.72. The Hall–Kier alpha value is -4.32. The normalized spacial score (nSPS) is 10.5. The number of hydrogen-bond donors (Lipinski definition) is 0. The van der Waals surface area contributed by atoms with E-state index < -0.39 is 11.9 Å². The Morgan fingerprint density at radius 3 is 1.24 bits per heavy atom. The largest absolute Gasteiger partial charge is 0.490 e. The Bertz CT molecular complexity index is 1200. The Morgan fingerprint density at radius 2 is 0.882 bits per heavy atom. The van der Waals surface area contributed by atoms with Crippen molar-refractivity contribution in [3.8, 4) is 23.0 Å². The lowest BCUT2D eigenvalue weighted by molar-refractivity contribution is -0.134. The van der Waals surface area contributed by atoms with E-state index in [-0.39, 0.29) is 35.8 Å². The Labute approximate surface area is 197 Å². The number of hydrogen-bond acceptors (Lipinski definition) is 6. The summed E-state index contributed by atoms with van der Waals surface area (Å²) in [5.41, 5.74) is 1.66. The van der Waals surface area contributed by atoms with Gasteiger partial charge in [0.1, 0.15) is 0 Å². The molecule has 0 saturated heterocycles. The molecule has 6 nitrogen and oxygen atoms in total. The fourth-order valence-corrected chi connectivity index (χ4v) is 3.73. The van der Waals surface area contributed by atoms with Gasteiger partial charge < -0.3 is 18.9 Å². The predicted octanol–water partition coefficient (Wildman–Crippen LogP) is 5.15. The van der Waals surface area contributed by atoms with Crippen LogP contribution in [0.1, 0.15) is 11.1 Å². The van der Waals surface area contributed by atoms with E-state index in [0.29, 0.717) is 10.8 Å². The number of carbonyl (C=O) groups excluding carboxylic acids is 2. The summed E-state index contributed by atoms with van der Waals surface area (Å²) in [6.07, 6.45) is 0.183. The summed E-state index contributed by atoms with van der Waals surface area (Å²) in [4.78, 5) is 25.5. The van der Waals surface area contributed by atoms with Gasteiger partial charge in [0.15, 0.2) is 11.5 Å². The maximum absolute atomic E-state index is 12.8. The highest BCUT2D eigenvalue weighted by atomic mass is 16.6. The molecule has 0 saturated carbocycles. The van der Waals surface area contributed by atoms with Crippen LogP contribution in [0.5, 0.6) is 23.0 Å². The van der Waals surface area contributed by atoms with E-state index >= 15 is 0 Å². The summed E-state index contributed by atoms with van der Waals surface area (Å²) in [5, 5.41) is 1.12. The van der Waals surface area contributed by atoms with Crippen LogP contribution < -0.4 is 18.9 Å². The zero-order valence-electron chi connectivity index (χ0n) is 18.9. The lowest BCUT2D eigenvalue weighted by Crippen LogP contribution is -2.14. The van der Waals surface area contributed by atoms with Crippen LogP contribution in [0, 0.1) is 0 Å². The SMILES string of the molecule is COc1c(OC)c(OC(=O)Cc2ccccc2)c2ccccc2c1OC(=O)Cc1ccccc1. The molecule has 0 aliphatic heterocycles. The van der Waals surface area contributed by atoms with E-state index in [0.717, 1.165) is 11.1 Å². The summed E-state index contributed by atoms with van der Waals surface area (Å²) in [6.45, 7) is 0. The summed E-state index contributed by atoms with van der Waals surface area (Å²) < 4.78 is 22.7. The van der Waals surface area contributed by atoms with Gasteiger partial charge in [-0.1, -0.05) is 84.9 Å². The zero-order chi connectivity index (χ0) is 23.9. The molecule has 0 unspecified atom stereocenters.